The molecular weight excluding hydrogens is 274 g/mol. The van der Waals surface area contributed by atoms with E-state index in [-0.39, 0.29) is 5.75 Å². The number of nitrogens with zero attached hydrogens (tertiary/aromatic N) is 2. The highest BCUT2D eigenvalue weighted by atomic mass is 32.2. The fourth-order valence-electron chi connectivity index (χ4n) is 1.67. The molecule has 6 heteroatoms. The summed E-state index contributed by atoms with van der Waals surface area (Å²) >= 11 is 0. The molecule has 114 valence electrons. The average Bonchev–Trinajstić information content (AvgIpc) is 2.35. The Labute approximate surface area is 122 Å². The second kappa shape index (κ2) is 7.59. The van der Waals surface area contributed by atoms with Crippen molar-refractivity contribution in [3.63, 3.8) is 0 Å². The first-order valence-corrected chi connectivity index (χ1v) is 8.88. The summed E-state index contributed by atoms with van der Waals surface area (Å²) in [4.78, 5) is 6.22. The van der Waals surface area contributed by atoms with Crippen molar-refractivity contribution in [2.24, 2.45) is 5.92 Å². The maximum absolute atomic E-state index is 11.1. The van der Waals surface area contributed by atoms with E-state index in [1.165, 1.54) is 6.26 Å². The smallest absolute Gasteiger partial charge is 0.149 e. The number of nitrogens with one attached hydrogen (secondary N) is 1. The van der Waals surface area contributed by atoms with Crippen LogP contribution < -0.4 is 10.2 Å². The molecular formula is C14H25N3O2S. The van der Waals surface area contributed by atoms with Crippen molar-refractivity contribution in [2.45, 2.75) is 20.4 Å². The molecule has 0 aliphatic heterocycles. The van der Waals surface area contributed by atoms with Gasteiger partial charge in [-0.15, -0.1) is 0 Å². The molecule has 1 heterocycles. The van der Waals surface area contributed by atoms with Crippen LogP contribution in [0.5, 0.6) is 0 Å². The van der Waals surface area contributed by atoms with Gasteiger partial charge in [-0.25, -0.2) is 13.4 Å². The molecule has 0 aliphatic rings. The predicted molar refractivity (Wildman–Crippen MR) is 83.8 cm³/mol. The maximum Gasteiger partial charge on any atom is 0.149 e. The zero-order valence-corrected chi connectivity index (χ0v) is 13.6. The summed E-state index contributed by atoms with van der Waals surface area (Å²) in [5, 5.41) is 3.36. The number of hydrogen-bond donors (Lipinski definition) is 1. The lowest BCUT2D eigenvalue weighted by Gasteiger charge is -2.17. The molecule has 1 aromatic rings. The predicted octanol–water partition coefficient (Wildman–Crippen LogP) is 1.31. The number of sulfone groups is 1. The van der Waals surface area contributed by atoms with Gasteiger partial charge in [-0.05, 0) is 24.1 Å². The molecule has 20 heavy (non-hydrogen) atoms. The zero-order valence-electron chi connectivity index (χ0n) is 12.8. The zero-order chi connectivity index (χ0) is 15.2. The molecule has 0 unspecified atom stereocenters. The number of hydrogen-bond acceptors (Lipinski definition) is 5. The summed E-state index contributed by atoms with van der Waals surface area (Å²) in [6.07, 6.45) is 3.08. The summed E-state index contributed by atoms with van der Waals surface area (Å²) in [5.74, 6) is 1.56. The van der Waals surface area contributed by atoms with E-state index in [9.17, 15) is 8.42 Å². The lowest BCUT2D eigenvalue weighted by Crippen LogP contribution is -2.25. The van der Waals surface area contributed by atoms with Crippen LogP contribution in [0, 0.1) is 5.92 Å². The van der Waals surface area contributed by atoms with E-state index in [1.807, 2.05) is 30.3 Å². The van der Waals surface area contributed by atoms with Crippen LogP contribution in [0.25, 0.3) is 0 Å². The normalized spacial score (nSPS) is 11.8. The lowest BCUT2D eigenvalue weighted by molar-refractivity contribution is 0.552. The minimum atomic E-state index is -2.93. The highest BCUT2D eigenvalue weighted by Crippen LogP contribution is 2.09. The van der Waals surface area contributed by atoms with Gasteiger partial charge >= 0.3 is 0 Å². The molecule has 0 saturated carbocycles. The molecule has 1 rings (SSSR count). The first-order valence-electron chi connectivity index (χ1n) is 6.82. The van der Waals surface area contributed by atoms with Crippen molar-refractivity contribution in [3.05, 3.63) is 23.9 Å². The molecule has 0 spiro atoms. The third-order valence-corrected chi connectivity index (χ3v) is 3.80. The topological polar surface area (TPSA) is 62.3 Å². The van der Waals surface area contributed by atoms with Gasteiger partial charge in [0.05, 0.1) is 5.75 Å². The molecule has 1 aromatic heterocycles. The van der Waals surface area contributed by atoms with Crippen molar-refractivity contribution in [3.8, 4) is 0 Å². The number of rotatable bonds is 8. The second-order valence-electron chi connectivity index (χ2n) is 5.60. The fraction of sp³-hybridized carbons (Fsp3) is 0.643. The SMILES string of the molecule is CC(C)CNCc1ccc(N(C)CCS(C)(=O)=O)nc1. The summed E-state index contributed by atoms with van der Waals surface area (Å²) < 4.78 is 22.3. The molecule has 0 aliphatic carbocycles. The van der Waals surface area contributed by atoms with Crippen molar-refractivity contribution in [1.82, 2.24) is 10.3 Å². The van der Waals surface area contributed by atoms with Crippen molar-refractivity contribution in [1.29, 1.82) is 0 Å². The van der Waals surface area contributed by atoms with Gasteiger partial charge in [0, 0.05) is 32.6 Å². The first-order chi connectivity index (χ1) is 9.28. The Morgan fingerprint density at radius 1 is 1.35 bits per heavy atom. The van der Waals surface area contributed by atoms with E-state index in [0.29, 0.717) is 12.5 Å². The number of aromatic nitrogens is 1. The molecule has 0 radical (unpaired) electrons. The standard InChI is InChI=1S/C14H25N3O2S/c1-12(2)9-15-10-13-5-6-14(16-11-13)17(3)7-8-20(4,18)19/h5-6,11-12,15H,7-10H2,1-4H3. The van der Waals surface area contributed by atoms with Crippen LogP contribution in [0.4, 0.5) is 5.82 Å². The molecule has 0 amide bonds. The van der Waals surface area contributed by atoms with E-state index < -0.39 is 9.84 Å². The Balaban J connectivity index is 2.49. The van der Waals surface area contributed by atoms with Crippen molar-refractivity contribution in [2.75, 3.05) is 37.0 Å². The van der Waals surface area contributed by atoms with Gasteiger partial charge in [0.2, 0.25) is 0 Å². The van der Waals surface area contributed by atoms with E-state index in [1.54, 1.807) is 0 Å². The van der Waals surface area contributed by atoms with Crippen LogP contribution in [0.2, 0.25) is 0 Å². The molecule has 5 nitrogen and oxygen atoms in total. The Morgan fingerprint density at radius 2 is 2.05 bits per heavy atom. The molecule has 0 aromatic carbocycles. The summed E-state index contributed by atoms with van der Waals surface area (Å²) in [6.45, 7) is 6.58. The molecule has 1 N–H and O–H groups in total. The third-order valence-electron chi connectivity index (χ3n) is 2.88. The van der Waals surface area contributed by atoms with Gasteiger partial charge in [0.1, 0.15) is 15.7 Å². The molecule has 0 bridgehead atoms. The van der Waals surface area contributed by atoms with Gasteiger partial charge in [0.15, 0.2) is 0 Å². The minimum absolute atomic E-state index is 0.142. The average molecular weight is 299 g/mol. The second-order valence-corrected chi connectivity index (χ2v) is 7.86. The molecule has 0 fully saturated rings. The highest BCUT2D eigenvalue weighted by molar-refractivity contribution is 7.90. The fourth-order valence-corrected chi connectivity index (χ4v) is 2.28. The van der Waals surface area contributed by atoms with Gasteiger partial charge in [-0.3, -0.25) is 0 Å². The largest absolute Gasteiger partial charge is 0.359 e. The van der Waals surface area contributed by atoms with Crippen LogP contribution in [-0.4, -0.2) is 45.5 Å². The number of anilines is 1. The third kappa shape index (κ3) is 6.86. The monoisotopic (exact) mass is 299 g/mol. The van der Waals surface area contributed by atoms with Crippen LogP contribution in [-0.2, 0) is 16.4 Å². The van der Waals surface area contributed by atoms with Crippen LogP contribution in [0.3, 0.4) is 0 Å². The molecule has 0 saturated heterocycles. The van der Waals surface area contributed by atoms with E-state index in [2.05, 4.69) is 24.1 Å². The van der Waals surface area contributed by atoms with Crippen LogP contribution in [0.1, 0.15) is 19.4 Å². The first kappa shape index (κ1) is 16.9. The van der Waals surface area contributed by atoms with Gasteiger partial charge in [0.25, 0.3) is 0 Å². The Kier molecular flexibility index (Phi) is 6.42. The Bertz CT molecular complexity index is 498. The van der Waals surface area contributed by atoms with Gasteiger partial charge in [-0.2, -0.15) is 0 Å². The molecule has 0 atom stereocenters. The highest BCUT2D eigenvalue weighted by Gasteiger charge is 2.07. The van der Waals surface area contributed by atoms with E-state index >= 15 is 0 Å². The van der Waals surface area contributed by atoms with Crippen LogP contribution in [0.15, 0.2) is 18.3 Å². The van der Waals surface area contributed by atoms with Gasteiger partial charge < -0.3 is 10.2 Å². The maximum atomic E-state index is 11.1. The number of pyridine rings is 1. The van der Waals surface area contributed by atoms with Crippen LogP contribution >= 0.6 is 0 Å². The lowest BCUT2D eigenvalue weighted by atomic mass is 10.2. The van der Waals surface area contributed by atoms with Gasteiger partial charge in [-0.1, -0.05) is 19.9 Å². The summed E-state index contributed by atoms with van der Waals surface area (Å²) in [5.41, 5.74) is 1.13. The Morgan fingerprint density at radius 3 is 2.55 bits per heavy atom. The van der Waals surface area contributed by atoms with Crippen molar-refractivity contribution < 1.29 is 8.42 Å². The van der Waals surface area contributed by atoms with E-state index in [0.717, 1.165) is 24.5 Å². The van der Waals surface area contributed by atoms with Crippen molar-refractivity contribution >= 4 is 15.7 Å². The quantitative estimate of drug-likeness (QED) is 0.784. The van der Waals surface area contributed by atoms with E-state index in [4.69, 9.17) is 0 Å². The summed E-state index contributed by atoms with van der Waals surface area (Å²) in [6, 6.07) is 3.95. The Hall–Kier alpha value is -1.14. The summed E-state index contributed by atoms with van der Waals surface area (Å²) in [7, 11) is -1.08. The minimum Gasteiger partial charge on any atom is -0.359 e.